The molecule has 8 heteroatoms. The van der Waals surface area contributed by atoms with Gasteiger partial charge in [0.25, 0.3) is 0 Å². The van der Waals surface area contributed by atoms with Crippen LogP contribution in [0.3, 0.4) is 0 Å². The van der Waals surface area contributed by atoms with Crippen LogP contribution in [0.4, 0.5) is 5.69 Å². The molecule has 0 amide bonds. The molecular weight excluding hydrogens is 495 g/mol. The van der Waals surface area contributed by atoms with E-state index in [4.69, 9.17) is 32.9 Å². The van der Waals surface area contributed by atoms with Crippen LogP contribution in [0.2, 0.25) is 10.0 Å². The van der Waals surface area contributed by atoms with E-state index in [-0.39, 0.29) is 12.0 Å². The Bertz CT molecular complexity index is 1340. The smallest absolute Gasteiger partial charge is 0.217 e. The summed E-state index contributed by atoms with van der Waals surface area (Å²) in [5.41, 5.74) is 2.44. The lowest BCUT2D eigenvalue weighted by atomic mass is 9.71. The van der Waals surface area contributed by atoms with Crippen molar-refractivity contribution in [3.05, 3.63) is 94.2 Å². The monoisotopic (exact) mass is 522 g/mol. The van der Waals surface area contributed by atoms with Gasteiger partial charge in [0, 0.05) is 51.9 Å². The third kappa shape index (κ3) is 5.27. The molecule has 0 bridgehead atoms. The van der Waals surface area contributed by atoms with Gasteiger partial charge in [0.15, 0.2) is 0 Å². The van der Waals surface area contributed by atoms with Gasteiger partial charge in [-0.3, -0.25) is 4.98 Å². The van der Waals surface area contributed by atoms with E-state index < -0.39 is 5.60 Å². The Morgan fingerprint density at radius 3 is 2.69 bits per heavy atom. The Balaban J connectivity index is 1.54. The van der Waals surface area contributed by atoms with Crippen molar-refractivity contribution in [1.29, 1.82) is 0 Å². The number of nitrogens with one attached hydrogen (secondary N) is 2. The fourth-order valence-electron chi connectivity index (χ4n) is 5.16. The van der Waals surface area contributed by atoms with E-state index in [9.17, 15) is 5.11 Å². The Morgan fingerprint density at radius 2 is 1.94 bits per heavy atom. The van der Waals surface area contributed by atoms with Crippen LogP contribution in [0.15, 0.2) is 73.1 Å². The van der Waals surface area contributed by atoms with E-state index in [1.807, 2.05) is 60.7 Å². The number of rotatable bonds is 7. The summed E-state index contributed by atoms with van der Waals surface area (Å²) in [6, 6.07) is 19.2. The molecule has 1 saturated heterocycles. The summed E-state index contributed by atoms with van der Waals surface area (Å²) in [5.74, 6) is 0.102. The Hall–Kier alpha value is -2.90. The average Bonchev–Trinajstić information content (AvgIpc) is 2.89. The minimum Gasteiger partial charge on any atom is -0.481 e. The van der Waals surface area contributed by atoms with Crippen LogP contribution in [-0.2, 0) is 0 Å². The first-order chi connectivity index (χ1) is 17.4. The lowest BCUT2D eigenvalue weighted by molar-refractivity contribution is -0.0175. The molecule has 0 saturated carbocycles. The number of methoxy groups -OCH3 is 1. The summed E-state index contributed by atoms with van der Waals surface area (Å²) in [7, 11) is 1.61. The SMILES string of the molecule is COc1nc2ccc(Cl)cc2cc1C(c1ccc(Cl)cc1)C1(O)CCNC(CNc2cccnc2)C1. The molecule has 0 radical (unpaired) electrons. The highest BCUT2D eigenvalue weighted by Gasteiger charge is 2.44. The predicted molar refractivity (Wildman–Crippen MR) is 145 cm³/mol. The highest BCUT2D eigenvalue weighted by atomic mass is 35.5. The molecule has 4 aromatic rings. The summed E-state index contributed by atoms with van der Waals surface area (Å²) in [4.78, 5) is 8.94. The van der Waals surface area contributed by atoms with Crippen molar-refractivity contribution in [2.45, 2.75) is 30.4 Å². The zero-order chi connectivity index (χ0) is 25.1. The number of pyridine rings is 2. The molecule has 0 aliphatic carbocycles. The van der Waals surface area contributed by atoms with Gasteiger partial charge >= 0.3 is 0 Å². The maximum Gasteiger partial charge on any atom is 0.217 e. The van der Waals surface area contributed by atoms with E-state index >= 15 is 0 Å². The zero-order valence-electron chi connectivity index (χ0n) is 19.9. The molecule has 6 nitrogen and oxygen atoms in total. The summed E-state index contributed by atoms with van der Waals surface area (Å²) in [5, 5.41) is 21.4. The second-order valence-electron chi connectivity index (χ2n) is 9.24. The number of halogens is 2. The number of anilines is 1. The van der Waals surface area contributed by atoms with Crippen LogP contribution in [-0.4, -0.2) is 46.9 Å². The quantitative estimate of drug-likeness (QED) is 0.290. The number of nitrogens with zero attached hydrogens (tertiary/aromatic N) is 2. The maximum absolute atomic E-state index is 12.3. The lowest BCUT2D eigenvalue weighted by Gasteiger charge is -2.43. The lowest BCUT2D eigenvalue weighted by Crippen LogP contribution is -2.53. The molecule has 2 aromatic heterocycles. The molecule has 3 heterocycles. The maximum atomic E-state index is 12.3. The number of piperidine rings is 1. The highest BCUT2D eigenvalue weighted by Crippen LogP contribution is 2.45. The first kappa shape index (κ1) is 24.8. The number of ether oxygens (including phenoxy) is 1. The molecule has 5 rings (SSSR count). The summed E-state index contributed by atoms with van der Waals surface area (Å²) in [6.45, 7) is 1.33. The van der Waals surface area contributed by atoms with Gasteiger partial charge in [0.1, 0.15) is 0 Å². The fraction of sp³-hybridized carbons (Fsp3) is 0.286. The van der Waals surface area contributed by atoms with Crippen LogP contribution in [0.5, 0.6) is 5.88 Å². The Kier molecular flexibility index (Phi) is 7.30. The minimum absolute atomic E-state index is 0.0487. The standard InChI is InChI=1S/C28H28Cl2N4O2/c1-36-27-24(14-19-13-21(30)8-9-25(19)34-27)26(18-4-6-20(29)7-5-18)28(35)10-12-32-23(15-28)17-33-22-3-2-11-31-16-22/h2-9,11,13-14,16,23,26,32-33,35H,10,12,15,17H2,1H3. The van der Waals surface area contributed by atoms with Gasteiger partial charge in [0.05, 0.1) is 23.9 Å². The Labute approximate surface area is 220 Å². The topological polar surface area (TPSA) is 79.3 Å². The third-order valence-electron chi connectivity index (χ3n) is 6.82. The molecule has 3 atom stereocenters. The molecule has 1 aliphatic rings. The molecule has 1 fully saturated rings. The largest absolute Gasteiger partial charge is 0.481 e. The average molecular weight is 523 g/mol. The van der Waals surface area contributed by atoms with Crippen LogP contribution < -0.4 is 15.4 Å². The van der Waals surface area contributed by atoms with E-state index in [2.05, 4.69) is 15.6 Å². The third-order valence-corrected chi connectivity index (χ3v) is 7.31. The molecule has 36 heavy (non-hydrogen) atoms. The van der Waals surface area contributed by atoms with E-state index in [0.29, 0.717) is 41.9 Å². The Morgan fingerprint density at radius 1 is 1.14 bits per heavy atom. The summed E-state index contributed by atoms with van der Waals surface area (Å²) < 4.78 is 5.76. The zero-order valence-corrected chi connectivity index (χ0v) is 21.4. The van der Waals surface area contributed by atoms with Gasteiger partial charge in [0.2, 0.25) is 5.88 Å². The number of hydrogen-bond donors (Lipinski definition) is 3. The first-order valence-electron chi connectivity index (χ1n) is 11.9. The van der Waals surface area contributed by atoms with Gasteiger partial charge in [-0.25, -0.2) is 4.98 Å². The molecule has 1 aliphatic heterocycles. The van der Waals surface area contributed by atoms with Crippen molar-refractivity contribution >= 4 is 39.8 Å². The molecule has 186 valence electrons. The van der Waals surface area contributed by atoms with Crippen molar-refractivity contribution in [2.75, 3.05) is 25.5 Å². The number of benzene rings is 2. The van der Waals surface area contributed by atoms with Crippen molar-refractivity contribution in [3.8, 4) is 5.88 Å². The molecule has 0 spiro atoms. The number of aliphatic hydroxyl groups is 1. The minimum atomic E-state index is -1.05. The van der Waals surface area contributed by atoms with Gasteiger partial charge in [-0.2, -0.15) is 0 Å². The van der Waals surface area contributed by atoms with Crippen LogP contribution in [0.1, 0.15) is 29.9 Å². The van der Waals surface area contributed by atoms with Crippen molar-refractivity contribution in [2.24, 2.45) is 0 Å². The van der Waals surface area contributed by atoms with Crippen LogP contribution in [0.25, 0.3) is 10.9 Å². The number of fused-ring (bicyclic) bond motifs is 1. The van der Waals surface area contributed by atoms with Crippen molar-refractivity contribution in [1.82, 2.24) is 15.3 Å². The van der Waals surface area contributed by atoms with Crippen LogP contribution in [0, 0.1) is 0 Å². The van der Waals surface area contributed by atoms with Crippen molar-refractivity contribution in [3.63, 3.8) is 0 Å². The van der Waals surface area contributed by atoms with E-state index in [0.717, 1.165) is 27.7 Å². The first-order valence-corrected chi connectivity index (χ1v) is 12.7. The number of hydrogen-bond acceptors (Lipinski definition) is 6. The number of aromatic nitrogens is 2. The molecule has 3 unspecified atom stereocenters. The van der Waals surface area contributed by atoms with Crippen LogP contribution >= 0.6 is 23.2 Å². The normalized spacial score (nSPS) is 20.7. The molecule has 3 N–H and O–H groups in total. The van der Waals surface area contributed by atoms with Gasteiger partial charge in [-0.1, -0.05) is 35.3 Å². The van der Waals surface area contributed by atoms with E-state index in [1.165, 1.54) is 0 Å². The molecular formula is C28H28Cl2N4O2. The van der Waals surface area contributed by atoms with Gasteiger partial charge in [-0.15, -0.1) is 0 Å². The van der Waals surface area contributed by atoms with Gasteiger partial charge < -0.3 is 20.5 Å². The summed E-state index contributed by atoms with van der Waals surface area (Å²) in [6.07, 6.45) is 4.64. The van der Waals surface area contributed by atoms with E-state index in [1.54, 1.807) is 19.5 Å². The fourth-order valence-corrected chi connectivity index (χ4v) is 5.47. The molecule has 2 aromatic carbocycles. The van der Waals surface area contributed by atoms with Gasteiger partial charge in [-0.05, 0) is 73.5 Å². The predicted octanol–water partition coefficient (Wildman–Crippen LogP) is 5.67. The second-order valence-corrected chi connectivity index (χ2v) is 10.1. The van der Waals surface area contributed by atoms with Crippen molar-refractivity contribution < 1.29 is 9.84 Å². The summed E-state index contributed by atoms with van der Waals surface area (Å²) >= 11 is 12.5. The second kappa shape index (κ2) is 10.6. The highest BCUT2D eigenvalue weighted by molar-refractivity contribution is 6.31.